The number of carbonyl (C=O) groups excluding carboxylic acids is 1. The van der Waals surface area contributed by atoms with Crippen LogP contribution in [-0.2, 0) is 0 Å². The van der Waals surface area contributed by atoms with Crippen molar-refractivity contribution in [1.82, 2.24) is 4.98 Å². The minimum Gasteiger partial charge on any atom is -0.298 e. The summed E-state index contributed by atoms with van der Waals surface area (Å²) >= 11 is 4.93. The van der Waals surface area contributed by atoms with Crippen molar-refractivity contribution in [3.63, 3.8) is 0 Å². The number of benzene rings is 2. The number of aryl methyl sites for hydroxylation is 1. The normalized spacial score (nSPS) is 10.9. The highest BCUT2D eigenvalue weighted by atomic mass is 79.9. The number of rotatable bonds is 4. The molecule has 0 aliphatic heterocycles. The lowest BCUT2D eigenvalue weighted by atomic mass is 10.0. The average Bonchev–Trinajstić information content (AvgIpc) is 2.96. The van der Waals surface area contributed by atoms with Gasteiger partial charge in [-0.25, -0.2) is 4.98 Å². The minimum absolute atomic E-state index is 0.133. The van der Waals surface area contributed by atoms with Crippen molar-refractivity contribution < 1.29 is 4.79 Å². The molecule has 2 aromatic carbocycles. The molecule has 0 unspecified atom stereocenters. The van der Waals surface area contributed by atoms with E-state index >= 15 is 0 Å². The number of nitrogens with one attached hydrogen (secondary N) is 1. The highest BCUT2D eigenvalue weighted by Gasteiger charge is 2.13. The van der Waals surface area contributed by atoms with Crippen molar-refractivity contribution in [3.8, 4) is 11.3 Å². The molecule has 0 aliphatic carbocycles. The van der Waals surface area contributed by atoms with Gasteiger partial charge >= 0.3 is 0 Å². The van der Waals surface area contributed by atoms with Crippen molar-refractivity contribution >= 4 is 38.3 Å². The van der Waals surface area contributed by atoms with E-state index in [1.54, 1.807) is 0 Å². The molecule has 1 aromatic heterocycles. The molecule has 3 rings (SSSR count). The number of anilines is 1. The van der Waals surface area contributed by atoms with Gasteiger partial charge in [-0.05, 0) is 42.7 Å². The van der Waals surface area contributed by atoms with Crippen LogP contribution in [0.25, 0.3) is 11.3 Å². The first kappa shape index (κ1) is 17.8. The van der Waals surface area contributed by atoms with Crippen molar-refractivity contribution in [2.24, 2.45) is 0 Å². The zero-order valence-corrected chi connectivity index (χ0v) is 16.7. The van der Waals surface area contributed by atoms with E-state index < -0.39 is 0 Å². The van der Waals surface area contributed by atoms with Crippen LogP contribution >= 0.6 is 27.3 Å². The predicted octanol–water partition coefficient (Wildman–Crippen LogP) is 6.26. The first-order chi connectivity index (χ1) is 11.9. The molecule has 0 aliphatic rings. The summed E-state index contributed by atoms with van der Waals surface area (Å²) in [5, 5.41) is 3.53. The minimum atomic E-state index is -0.133. The number of aromatic nitrogens is 1. The Morgan fingerprint density at radius 2 is 1.72 bits per heavy atom. The molecule has 0 atom stereocenters. The van der Waals surface area contributed by atoms with Gasteiger partial charge in [0.2, 0.25) is 0 Å². The van der Waals surface area contributed by atoms with Gasteiger partial charge in [-0.1, -0.05) is 54.0 Å². The van der Waals surface area contributed by atoms with Crippen LogP contribution < -0.4 is 5.32 Å². The SMILES string of the molecule is Cc1sc(NC(=O)c2ccc(C(C)C)cc2)nc1-c1ccc(Br)cc1. The second-order valence-electron chi connectivity index (χ2n) is 6.16. The largest absolute Gasteiger partial charge is 0.298 e. The summed E-state index contributed by atoms with van der Waals surface area (Å²) in [6, 6.07) is 15.7. The molecule has 0 fully saturated rings. The summed E-state index contributed by atoms with van der Waals surface area (Å²) in [7, 11) is 0. The maximum absolute atomic E-state index is 12.4. The van der Waals surface area contributed by atoms with Gasteiger partial charge in [0, 0.05) is 20.5 Å². The van der Waals surface area contributed by atoms with Gasteiger partial charge in [-0.15, -0.1) is 11.3 Å². The molecule has 128 valence electrons. The fourth-order valence-electron chi connectivity index (χ4n) is 2.51. The van der Waals surface area contributed by atoms with Crippen LogP contribution in [0.15, 0.2) is 53.0 Å². The first-order valence-electron chi connectivity index (χ1n) is 8.08. The molecule has 0 saturated carbocycles. The second kappa shape index (κ2) is 7.50. The smallest absolute Gasteiger partial charge is 0.257 e. The Hall–Kier alpha value is -1.98. The van der Waals surface area contributed by atoms with Gasteiger partial charge in [0.1, 0.15) is 0 Å². The molecular formula is C20H19BrN2OS. The summed E-state index contributed by atoms with van der Waals surface area (Å²) < 4.78 is 1.03. The van der Waals surface area contributed by atoms with E-state index in [2.05, 4.69) is 40.1 Å². The van der Waals surface area contributed by atoms with Gasteiger partial charge < -0.3 is 0 Å². The standard InChI is InChI=1S/C20H19BrN2OS/c1-12(2)14-4-6-16(7-5-14)19(24)23-20-22-18(13(3)25-20)15-8-10-17(21)11-9-15/h4-12H,1-3H3,(H,22,23,24). The van der Waals surface area contributed by atoms with Crippen LogP contribution in [-0.4, -0.2) is 10.9 Å². The van der Waals surface area contributed by atoms with Crippen LogP contribution in [0.5, 0.6) is 0 Å². The summed E-state index contributed by atoms with van der Waals surface area (Å²) in [5.41, 5.74) is 3.81. The Labute approximate surface area is 160 Å². The molecule has 1 N–H and O–H groups in total. The lowest BCUT2D eigenvalue weighted by molar-refractivity contribution is 0.102. The molecule has 0 radical (unpaired) electrons. The Kier molecular flexibility index (Phi) is 5.35. The number of hydrogen-bond donors (Lipinski definition) is 1. The fourth-order valence-corrected chi connectivity index (χ4v) is 3.61. The third-order valence-corrected chi connectivity index (χ3v) is 5.39. The summed E-state index contributed by atoms with van der Waals surface area (Å²) in [6.45, 7) is 6.29. The molecular weight excluding hydrogens is 396 g/mol. The van der Waals surface area contributed by atoms with E-state index in [0.29, 0.717) is 16.6 Å². The Balaban J connectivity index is 1.78. The molecule has 1 heterocycles. The Morgan fingerprint density at radius 1 is 1.08 bits per heavy atom. The number of hydrogen-bond acceptors (Lipinski definition) is 3. The van der Waals surface area contributed by atoms with E-state index in [-0.39, 0.29) is 5.91 Å². The molecule has 5 heteroatoms. The number of carbonyl (C=O) groups is 1. The predicted molar refractivity (Wildman–Crippen MR) is 108 cm³/mol. The molecule has 0 spiro atoms. The zero-order valence-electron chi connectivity index (χ0n) is 14.3. The van der Waals surface area contributed by atoms with E-state index in [9.17, 15) is 4.79 Å². The van der Waals surface area contributed by atoms with Gasteiger partial charge in [0.15, 0.2) is 5.13 Å². The molecule has 25 heavy (non-hydrogen) atoms. The molecule has 3 nitrogen and oxygen atoms in total. The summed E-state index contributed by atoms with van der Waals surface area (Å²) in [4.78, 5) is 18.1. The van der Waals surface area contributed by atoms with Gasteiger partial charge in [0.25, 0.3) is 5.91 Å². The monoisotopic (exact) mass is 414 g/mol. The van der Waals surface area contributed by atoms with Crippen molar-refractivity contribution in [2.45, 2.75) is 26.7 Å². The summed E-state index contributed by atoms with van der Waals surface area (Å²) in [5.74, 6) is 0.318. The van der Waals surface area contributed by atoms with E-state index in [1.165, 1.54) is 16.9 Å². The number of thiazole rings is 1. The molecule has 1 amide bonds. The van der Waals surface area contributed by atoms with Gasteiger partial charge in [-0.2, -0.15) is 0 Å². The quantitative estimate of drug-likeness (QED) is 0.547. The van der Waals surface area contributed by atoms with Crippen LogP contribution in [0.1, 0.15) is 40.6 Å². The number of amides is 1. The van der Waals surface area contributed by atoms with Crippen LogP contribution in [0, 0.1) is 6.92 Å². The third kappa shape index (κ3) is 4.17. The topological polar surface area (TPSA) is 42.0 Å². The highest BCUT2D eigenvalue weighted by molar-refractivity contribution is 9.10. The van der Waals surface area contributed by atoms with E-state index in [4.69, 9.17) is 0 Å². The lowest BCUT2D eigenvalue weighted by Gasteiger charge is -2.06. The van der Waals surface area contributed by atoms with Crippen molar-refractivity contribution in [3.05, 3.63) is 69.0 Å². The van der Waals surface area contributed by atoms with Gasteiger partial charge in [0.05, 0.1) is 5.69 Å². The average molecular weight is 415 g/mol. The molecule has 3 aromatic rings. The molecule has 0 bridgehead atoms. The lowest BCUT2D eigenvalue weighted by Crippen LogP contribution is -2.11. The summed E-state index contributed by atoms with van der Waals surface area (Å²) in [6.07, 6.45) is 0. The van der Waals surface area contributed by atoms with E-state index in [1.807, 2.05) is 55.5 Å². The first-order valence-corrected chi connectivity index (χ1v) is 9.69. The molecule has 0 saturated heterocycles. The Morgan fingerprint density at radius 3 is 2.32 bits per heavy atom. The maximum atomic E-state index is 12.4. The van der Waals surface area contributed by atoms with Crippen molar-refractivity contribution in [1.29, 1.82) is 0 Å². The Bertz CT molecular complexity index is 883. The van der Waals surface area contributed by atoms with Crippen LogP contribution in [0.4, 0.5) is 5.13 Å². The highest BCUT2D eigenvalue weighted by Crippen LogP contribution is 2.31. The number of halogens is 1. The zero-order chi connectivity index (χ0) is 18.0. The van der Waals surface area contributed by atoms with Crippen LogP contribution in [0.3, 0.4) is 0 Å². The number of nitrogens with zero attached hydrogens (tertiary/aromatic N) is 1. The third-order valence-electron chi connectivity index (χ3n) is 3.97. The van der Waals surface area contributed by atoms with E-state index in [0.717, 1.165) is 20.6 Å². The second-order valence-corrected chi connectivity index (χ2v) is 8.28. The fraction of sp³-hybridized carbons (Fsp3) is 0.200. The van der Waals surface area contributed by atoms with Crippen molar-refractivity contribution in [2.75, 3.05) is 5.32 Å². The maximum Gasteiger partial charge on any atom is 0.257 e. The van der Waals surface area contributed by atoms with Crippen LogP contribution in [0.2, 0.25) is 0 Å². The van der Waals surface area contributed by atoms with Gasteiger partial charge in [-0.3, -0.25) is 10.1 Å².